The predicted octanol–water partition coefficient (Wildman–Crippen LogP) is -0.0284. The van der Waals surface area contributed by atoms with E-state index in [1.54, 1.807) is 6.92 Å². The molecule has 0 rings (SSSR count). The molecule has 5 nitrogen and oxygen atoms in total. The normalized spacial score (nSPS) is 14.6. The van der Waals surface area contributed by atoms with Crippen LogP contribution in [0.4, 0.5) is 0 Å². The molecule has 0 spiro atoms. The first kappa shape index (κ1) is 11.8. The topological polar surface area (TPSA) is 61.8 Å². The van der Waals surface area contributed by atoms with Gasteiger partial charge in [0.05, 0.1) is 19.5 Å². The highest BCUT2D eigenvalue weighted by atomic mass is 32.2. The summed E-state index contributed by atoms with van der Waals surface area (Å²) in [6.45, 7) is 1.93. The molecule has 0 aromatic carbocycles. The van der Waals surface area contributed by atoms with Crippen LogP contribution in [0.2, 0.25) is 0 Å². The van der Waals surface area contributed by atoms with Gasteiger partial charge in [0.1, 0.15) is 0 Å². The summed E-state index contributed by atoms with van der Waals surface area (Å²) < 4.78 is 35.0. The Labute approximate surface area is 72.7 Å². The monoisotopic (exact) mass is 198 g/mol. The molecule has 0 aliphatic carbocycles. The van der Waals surface area contributed by atoms with Crippen LogP contribution in [0.3, 0.4) is 0 Å². The Morgan fingerprint density at radius 2 is 1.92 bits per heavy atom. The van der Waals surface area contributed by atoms with Gasteiger partial charge in [0.15, 0.2) is 6.29 Å². The lowest BCUT2D eigenvalue weighted by molar-refractivity contribution is -0.115. The van der Waals surface area contributed by atoms with E-state index < -0.39 is 10.1 Å². The Kier molecular flexibility index (Phi) is 5.39. The molecule has 0 bridgehead atoms. The van der Waals surface area contributed by atoms with Crippen LogP contribution in [-0.2, 0) is 23.8 Å². The zero-order valence-electron chi connectivity index (χ0n) is 7.44. The van der Waals surface area contributed by atoms with Gasteiger partial charge < -0.3 is 9.47 Å². The van der Waals surface area contributed by atoms with Gasteiger partial charge in [-0.05, 0) is 6.92 Å². The molecule has 0 fully saturated rings. The van der Waals surface area contributed by atoms with E-state index in [1.165, 1.54) is 7.11 Å². The summed E-state index contributed by atoms with van der Waals surface area (Å²) in [5, 5.41) is 0. The average Bonchev–Trinajstić information content (AvgIpc) is 1.96. The van der Waals surface area contributed by atoms with E-state index in [0.29, 0.717) is 0 Å². The van der Waals surface area contributed by atoms with Gasteiger partial charge in [-0.25, -0.2) is 0 Å². The molecule has 0 saturated carbocycles. The van der Waals surface area contributed by atoms with Crippen molar-refractivity contribution in [1.82, 2.24) is 0 Å². The van der Waals surface area contributed by atoms with E-state index in [9.17, 15) is 8.42 Å². The fourth-order valence-corrected chi connectivity index (χ4v) is 0.838. The average molecular weight is 198 g/mol. The summed E-state index contributed by atoms with van der Waals surface area (Å²) in [5.41, 5.74) is 0. The van der Waals surface area contributed by atoms with E-state index in [0.717, 1.165) is 6.26 Å². The molecule has 1 atom stereocenters. The van der Waals surface area contributed by atoms with Gasteiger partial charge in [0.25, 0.3) is 10.1 Å². The summed E-state index contributed by atoms with van der Waals surface area (Å²) in [7, 11) is -1.85. The van der Waals surface area contributed by atoms with Gasteiger partial charge in [-0.3, -0.25) is 4.18 Å². The van der Waals surface area contributed by atoms with Gasteiger partial charge in [-0.1, -0.05) is 0 Å². The van der Waals surface area contributed by atoms with Crippen molar-refractivity contribution < 1.29 is 22.1 Å². The highest BCUT2D eigenvalue weighted by Gasteiger charge is 2.02. The van der Waals surface area contributed by atoms with Crippen LogP contribution in [0.5, 0.6) is 0 Å². The minimum absolute atomic E-state index is 0.0204. The molecule has 0 N–H and O–H groups in total. The molecule has 0 aromatic heterocycles. The van der Waals surface area contributed by atoms with Crippen LogP contribution in [-0.4, -0.2) is 41.3 Å². The maximum atomic E-state index is 10.4. The van der Waals surface area contributed by atoms with Crippen molar-refractivity contribution in [2.45, 2.75) is 13.2 Å². The summed E-state index contributed by atoms with van der Waals surface area (Å²) in [6, 6.07) is 0. The van der Waals surface area contributed by atoms with Gasteiger partial charge >= 0.3 is 0 Å². The van der Waals surface area contributed by atoms with Gasteiger partial charge in [-0.2, -0.15) is 8.42 Å². The lowest BCUT2D eigenvalue weighted by Crippen LogP contribution is -2.16. The van der Waals surface area contributed by atoms with Crippen molar-refractivity contribution in [3.63, 3.8) is 0 Å². The Morgan fingerprint density at radius 1 is 1.33 bits per heavy atom. The maximum Gasteiger partial charge on any atom is 0.264 e. The Hall–Kier alpha value is -0.170. The molecule has 1 unspecified atom stereocenters. The lowest BCUT2D eigenvalue weighted by atomic mass is 10.7. The van der Waals surface area contributed by atoms with E-state index in [4.69, 9.17) is 9.47 Å². The van der Waals surface area contributed by atoms with Crippen LogP contribution in [0.1, 0.15) is 6.92 Å². The molecule has 0 saturated heterocycles. The van der Waals surface area contributed by atoms with Gasteiger partial charge in [0.2, 0.25) is 0 Å². The van der Waals surface area contributed by atoms with Crippen molar-refractivity contribution in [3.05, 3.63) is 0 Å². The number of ether oxygens (including phenoxy) is 2. The largest absolute Gasteiger partial charge is 0.356 e. The Bertz CT molecular complexity index is 198. The van der Waals surface area contributed by atoms with E-state index in [-0.39, 0.29) is 19.5 Å². The molecule has 6 heteroatoms. The summed E-state index contributed by atoms with van der Waals surface area (Å²) >= 11 is 0. The van der Waals surface area contributed by atoms with Gasteiger partial charge in [0, 0.05) is 7.11 Å². The van der Waals surface area contributed by atoms with E-state index in [2.05, 4.69) is 4.18 Å². The van der Waals surface area contributed by atoms with Crippen LogP contribution < -0.4 is 0 Å². The first-order valence-corrected chi connectivity index (χ1v) is 5.26. The zero-order valence-corrected chi connectivity index (χ0v) is 8.26. The second kappa shape index (κ2) is 5.47. The number of hydrogen-bond acceptors (Lipinski definition) is 5. The van der Waals surface area contributed by atoms with Crippen molar-refractivity contribution >= 4 is 10.1 Å². The van der Waals surface area contributed by atoms with Crippen LogP contribution in [0.15, 0.2) is 0 Å². The van der Waals surface area contributed by atoms with Crippen molar-refractivity contribution in [2.75, 3.05) is 26.6 Å². The molecule has 0 aromatic rings. The first-order valence-electron chi connectivity index (χ1n) is 3.44. The Balaban J connectivity index is 3.34. The zero-order chi connectivity index (χ0) is 9.61. The molecule has 0 aliphatic rings. The highest BCUT2D eigenvalue weighted by molar-refractivity contribution is 7.85. The first-order chi connectivity index (χ1) is 5.45. The van der Waals surface area contributed by atoms with E-state index >= 15 is 0 Å². The maximum absolute atomic E-state index is 10.4. The second-order valence-electron chi connectivity index (χ2n) is 2.20. The van der Waals surface area contributed by atoms with Gasteiger partial charge in [-0.15, -0.1) is 0 Å². The third-order valence-electron chi connectivity index (χ3n) is 1.07. The fourth-order valence-electron chi connectivity index (χ4n) is 0.468. The van der Waals surface area contributed by atoms with Crippen molar-refractivity contribution in [2.24, 2.45) is 0 Å². The minimum atomic E-state index is -3.35. The van der Waals surface area contributed by atoms with Crippen molar-refractivity contribution in [1.29, 1.82) is 0 Å². The molecule has 12 heavy (non-hydrogen) atoms. The third-order valence-corrected chi connectivity index (χ3v) is 1.66. The standard InChI is InChI=1S/C6H14O5S/c1-6(9-2)10-4-5-11-12(3,7)8/h6H,4-5H2,1-3H3. The smallest absolute Gasteiger partial charge is 0.264 e. The molecular formula is C6H14O5S. The fraction of sp³-hybridized carbons (Fsp3) is 1.00. The second-order valence-corrected chi connectivity index (χ2v) is 3.84. The molecular weight excluding hydrogens is 184 g/mol. The molecule has 0 amide bonds. The predicted molar refractivity (Wildman–Crippen MR) is 43.2 cm³/mol. The minimum Gasteiger partial charge on any atom is -0.356 e. The van der Waals surface area contributed by atoms with Crippen LogP contribution >= 0.6 is 0 Å². The Morgan fingerprint density at radius 3 is 2.33 bits per heavy atom. The molecule has 0 heterocycles. The number of hydrogen-bond donors (Lipinski definition) is 0. The number of rotatable bonds is 6. The molecule has 74 valence electrons. The summed E-state index contributed by atoms with van der Waals surface area (Å²) in [6.07, 6.45) is 0.653. The molecule has 0 radical (unpaired) electrons. The van der Waals surface area contributed by atoms with Crippen LogP contribution in [0, 0.1) is 0 Å². The molecule has 0 aliphatic heterocycles. The highest BCUT2D eigenvalue weighted by Crippen LogP contribution is 1.92. The lowest BCUT2D eigenvalue weighted by Gasteiger charge is -2.09. The van der Waals surface area contributed by atoms with Crippen molar-refractivity contribution in [3.8, 4) is 0 Å². The van der Waals surface area contributed by atoms with E-state index in [1.807, 2.05) is 0 Å². The summed E-state index contributed by atoms with van der Waals surface area (Å²) in [5.74, 6) is 0. The third kappa shape index (κ3) is 7.93. The van der Waals surface area contributed by atoms with Crippen LogP contribution in [0.25, 0.3) is 0 Å². The summed E-state index contributed by atoms with van der Waals surface area (Å²) in [4.78, 5) is 0. The SMILES string of the molecule is COC(C)OCCOS(C)(=O)=O. The number of methoxy groups -OCH3 is 1. The quantitative estimate of drug-likeness (QED) is 0.341.